The Morgan fingerprint density at radius 1 is 1.16 bits per heavy atom. The van der Waals surface area contributed by atoms with Crippen LogP contribution in [0.5, 0.6) is 0 Å². The van der Waals surface area contributed by atoms with Crippen LogP contribution in [0.3, 0.4) is 0 Å². The number of anilines is 1. The van der Waals surface area contributed by atoms with Crippen molar-refractivity contribution in [3.8, 4) is 6.07 Å². The van der Waals surface area contributed by atoms with Crippen LogP contribution >= 0.6 is 0 Å². The molecule has 1 aromatic carbocycles. The van der Waals surface area contributed by atoms with Crippen LogP contribution in [0, 0.1) is 11.3 Å². The van der Waals surface area contributed by atoms with Crippen LogP contribution in [0.15, 0.2) is 18.2 Å². The average Bonchev–Trinajstić information content (AvgIpc) is 2.65. The Labute approximate surface area is 149 Å². The first-order valence-corrected chi connectivity index (χ1v) is 8.80. The van der Waals surface area contributed by atoms with Crippen LogP contribution in [-0.2, 0) is 4.79 Å². The predicted octanol–water partition coefficient (Wildman–Crippen LogP) is 1.75. The van der Waals surface area contributed by atoms with Crippen molar-refractivity contribution in [3.05, 3.63) is 29.3 Å². The molecule has 1 amide bonds. The SMILES string of the molecule is CCN(CC)CC(=O)N1CCN(c2cc(C(C)=O)ccc2C#N)CC1. The van der Waals surface area contributed by atoms with Gasteiger partial charge in [0.2, 0.25) is 5.91 Å². The number of ketones is 1. The minimum Gasteiger partial charge on any atom is -0.367 e. The second-order valence-electron chi connectivity index (χ2n) is 6.23. The number of carbonyl (C=O) groups is 2. The van der Waals surface area contributed by atoms with E-state index < -0.39 is 0 Å². The molecule has 1 saturated heterocycles. The summed E-state index contributed by atoms with van der Waals surface area (Å²) >= 11 is 0. The van der Waals surface area contributed by atoms with Crippen LogP contribution in [0.2, 0.25) is 0 Å². The van der Waals surface area contributed by atoms with Crippen LogP contribution in [0.25, 0.3) is 0 Å². The highest BCUT2D eigenvalue weighted by atomic mass is 16.2. The smallest absolute Gasteiger partial charge is 0.236 e. The summed E-state index contributed by atoms with van der Waals surface area (Å²) in [5.74, 6) is 0.139. The lowest BCUT2D eigenvalue weighted by Gasteiger charge is -2.37. The molecule has 1 aromatic rings. The summed E-state index contributed by atoms with van der Waals surface area (Å²) in [6, 6.07) is 7.37. The summed E-state index contributed by atoms with van der Waals surface area (Å²) in [7, 11) is 0. The maximum absolute atomic E-state index is 12.4. The molecular weight excluding hydrogens is 316 g/mol. The summed E-state index contributed by atoms with van der Waals surface area (Å²) in [5.41, 5.74) is 1.95. The van der Waals surface area contributed by atoms with E-state index in [0.29, 0.717) is 43.9 Å². The fourth-order valence-corrected chi connectivity index (χ4v) is 3.04. The number of rotatable bonds is 6. The van der Waals surface area contributed by atoms with Gasteiger partial charge in [0.15, 0.2) is 5.78 Å². The highest BCUT2D eigenvalue weighted by Gasteiger charge is 2.23. The van der Waals surface area contributed by atoms with Crippen molar-refractivity contribution in [1.29, 1.82) is 5.26 Å². The molecule has 6 nitrogen and oxygen atoms in total. The fourth-order valence-electron chi connectivity index (χ4n) is 3.04. The maximum Gasteiger partial charge on any atom is 0.236 e. The Morgan fingerprint density at radius 3 is 2.32 bits per heavy atom. The van der Waals surface area contributed by atoms with E-state index in [1.807, 2.05) is 4.90 Å². The van der Waals surface area contributed by atoms with E-state index in [-0.39, 0.29) is 11.7 Å². The molecule has 0 aromatic heterocycles. The van der Waals surface area contributed by atoms with Gasteiger partial charge in [0, 0.05) is 31.7 Å². The molecule has 134 valence electrons. The second kappa shape index (κ2) is 8.63. The van der Waals surface area contributed by atoms with E-state index in [0.717, 1.165) is 18.8 Å². The van der Waals surface area contributed by atoms with Crippen LogP contribution in [0.4, 0.5) is 5.69 Å². The van der Waals surface area contributed by atoms with E-state index in [1.165, 1.54) is 6.92 Å². The molecule has 6 heteroatoms. The molecule has 0 N–H and O–H groups in total. The fraction of sp³-hybridized carbons (Fsp3) is 0.526. The van der Waals surface area contributed by atoms with E-state index in [4.69, 9.17) is 0 Å². The number of nitriles is 1. The minimum atomic E-state index is -0.0150. The molecule has 0 aliphatic carbocycles. The molecule has 1 aliphatic heterocycles. The molecule has 1 aliphatic rings. The quantitative estimate of drug-likeness (QED) is 0.737. The second-order valence-corrected chi connectivity index (χ2v) is 6.23. The molecule has 1 fully saturated rings. The largest absolute Gasteiger partial charge is 0.367 e. The third kappa shape index (κ3) is 4.58. The summed E-state index contributed by atoms with van der Waals surface area (Å²) in [6.45, 7) is 10.4. The van der Waals surface area contributed by atoms with Gasteiger partial charge in [-0.1, -0.05) is 13.8 Å². The molecule has 25 heavy (non-hydrogen) atoms. The molecular formula is C19H26N4O2. The Morgan fingerprint density at radius 2 is 1.80 bits per heavy atom. The summed E-state index contributed by atoms with van der Waals surface area (Å²) in [4.78, 5) is 30.1. The number of carbonyl (C=O) groups excluding carboxylic acids is 2. The van der Waals surface area contributed by atoms with Crippen LogP contribution in [-0.4, -0.2) is 67.3 Å². The standard InChI is InChI=1S/C19H26N4O2/c1-4-21(5-2)14-19(25)23-10-8-22(9-11-23)18-12-16(15(3)24)6-7-17(18)13-20/h6-7,12H,4-5,8-11,14H2,1-3H3. The van der Waals surface area contributed by atoms with Crippen molar-refractivity contribution in [2.45, 2.75) is 20.8 Å². The maximum atomic E-state index is 12.4. The number of piperazine rings is 1. The summed E-state index contributed by atoms with van der Waals surface area (Å²) in [6.07, 6.45) is 0. The summed E-state index contributed by atoms with van der Waals surface area (Å²) in [5, 5.41) is 9.34. The van der Waals surface area contributed by atoms with Crippen molar-refractivity contribution in [2.24, 2.45) is 0 Å². The molecule has 0 spiro atoms. The Bertz CT molecular complexity index is 668. The molecule has 2 rings (SSSR count). The van der Waals surface area contributed by atoms with Gasteiger partial charge < -0.3 is 9.80 Å². The lowest BCUT2D eigenvalue weighted by atomic mass is 10.1. The molecule has 0 saturated carbocycles. The zero-order valence-electron chi connectivity index (χ0n) is 15.3. The van der Waals surface area contributed by atoms with Crippen molar-refractivity contribution < 1.29 is 9.59 Å². The monoisotopic (exact) mass is 342 g/mol. The first-order valence-electron chi connectivity index (χ1n) is 8.80. The topological polar surface area (TPSA) is 67.7 Å². The normalized spacial score (nSPS) is 14.5. The van der Waals surface area contributed by atoms with Crippen molar-refractivity contribution in [1.82, 2.24) is 9.80 Å². The number of hydrogen-bond donors (Lipinski definition) is 0. The highest BCUT2D eigenvalue weighted by Crippen LogP contribution is 2.23. The third-order valence-electron chi connectivity index (χ3n) is 4.75. The molecule has 0 atom stereocenters. The Kier molecular flexibility index (Phi) is 6.54. The third-order valence-corrected chi connectivity index (χ3v) is 4.75. The number of benzene rings is 1. The number of hydrogen-bond acceptors (Lipinski definition) is 5. The lowest BCUT2D eigenvalue weighted by Crippen LogP contribution is -2.51. The van der Waals surface area contributed by atoms with Gasteiger partial charge in [0.05, 0.1) is 17.8 Å². The van der Waals surface area contributed by atoms with Crippen molar-refractivity contribution >= 4 is 17.4 Å². The van der Waals surface area contributed by atoms with Crippen LogP contribution in [0.1, 0.15) is 36.7 Å². The average molecular weight is 342 g/mol. The molecule has 0 unspecified atom stereocenters. The van der Waals surface area contributed by atoms with Crippen LogP contribution < -0.4 is 4.90 Å². The van der Waals surface area contributed by atoms with E-state index in [2.05, 4.69) is 29.7 Å². The van der Waals surface area contributed by atoms with Gasteiger partial charge >= 0.3 is 0 Å². The molecule has 0 bridgehead atoms. The predicted molar refractivity (Wildman–Crippen MR) is 97.7 cm³/mol. The zero-order chi connectivity index (χ0) is 18.4. The van der Waals surface area contributed by atoms with Crippen molar-refractivity contribution in [3.63, 3.8) is 0 Å². The number of amides is 1. The summed E-state index contributed by atoms with van der Waals surface area (Å²) < 4.78 is 0. The number of Topliss-reactive ketones (excluding diaryl/α,β-unsaturated/α-hetero) is 1. The number of nitrogens with zero attached hydrogens (tertiary/aromatic N) is 4. The van der Waals surface area contributed by atoms with Gasteiger partial charge in [-0.3, -0.25) is 14.5 Å². The Hall–Kier alpha value is -2.39. The lowest BCUT2D eigenvalue weighted by molar-refractivity contribution is -0.132. The van der Waals surface area contributed by atoms with Gasteiger partial charge in [-0.2, -0.15) is 5.26 Å². The first-order chi connectivity index (χ1) is 12.0. The van der Waals surface area contributed by atoms with E-state index in [1.54, 1.807) is 18.2 Å². The first kappa shape index (κ1) is 18.9. The van der Waals surface area contributed by atoms with Gasteiger partial charge in [-0.15, -0.1) is 0 Å². The highest BCUT2D eigenvalue weighted by molar-refractivity contribution is 5.95. The zero-order valence-corrected chi connectivity index (χ0v) is 15.3. The molecule has 1 heterocycles. The van der Waals surface area contributed by atoms with E-state index >= 15 is 0 Å². The minimum absolute atomic E-state index is 0.0150. The molecule has 0 radical (unpaired) electrons. The Balaban J connectivity index is 2.05. The van der Waals surface area contributed by atoms with E-state index in [9.17, 15) is 14.9 Å². The van der Waals surface area contributed by atoms with Crippen molar-refractivity contribution in [2.75, 3.05) is 50.7 Å². The van der Waals surface area contributed by atoms with Gasteiger partial charge in [-0.05, 0) is 38.2 Å². The van der Waals surface area contributed by atoms with Gasteiger partial charge in [-0.25, -0.2) is 0 Å². The van der Waals surface area contributed by atoms with Gasteiger partial charge in [0.25, 0.3) is 0 Å². The number of likely N-dealkylation sites (N-methyl/N-ethyl adjacent to an activating group) is 1. The van der Waals surface area contributed by atoms with Gasteiger partial charge in [0.1, 0.15) is 6.07 Å².